The van der Waals surface area contributed by atoms with Crippen molar-refractivity contribution in [3.05, 3.63) is 40.5 Å². The number of nitrogens with one attached hydrogen (secondary N) is 1. The lowest BCUT2D eigenvalue weighted by Gasteiger charge is -2.24. The van der Waals surface area contributed by atoms with Gasteiger partial charge in [0.25, 0.3) is 5.91 Å². The van der Waals surface area contributed by atoms with Crippen LogP contribution in [-0.4, -0.2) is 34.1 Å². The fraction of sp³-hybridized carbons (Fsp3) is 0.385. The molecule has 2 rings (SSSR count). The number of halogens is 1. The van der Waals surface area contributed by atoms with Gasteiger partial charge in [-0.2, -0.15) is 5.10 Å². The number of hydrogen-bond acceptors (Lipinski definition) is 3. The van der Waals surface area contributed by atoms with Crippen LogP contribution in [0.5, 0.6) is 0 Å². The number of hydrogen-bond donors (Lipinski definition) is 1. The summed E-state index contributed by atoms with van der Waals surface area (Å²) in [6.07, 6.45) is 4.91. The molecular formula is C13H16BrN3O2. The number of carbonyl (C=O) groups excluding carboxylic acids is 1. The van der Waals surface area contributed by atoms with Crippen molar-refractivity contribution in [3.8, 4) is 0 Å². The second-order valence-electron chi connectivity index (χ2n) is 4.48. The fourth-order valence-corrected chi connectivity index (χ4v) is 2.16. The van der Waals surface area contributed by atoms with Gasteiger partial charge in [0.1, 0.15) is 11.5 Å². The molecule has 0 radical (unpaired) electrons. The summed E-state index contributed by atoms with van der Waals surface area (Å²) in [5.74, 6) is 0.867. The Morgan fingerprint density at radius 3 is 3.00 bits per heavy atom. The number of rotatable bonds is 5. The molecule has 0 bridgehead atoms. The van der Waals surface area contributed by atoms with Crippen molar-refractivity contribution in [3.63, 3.8) is 0 Å². The molecule has 6 heteroatoms. The maximum Gasteiger partial charge on any atom is 0.273 e. The molecule has 0 spiro atoms. The Labute approximate surface area is 120 Å². The maximum atomic E-state index is 12.2. The van der Waals surface area contributed by atoms with Gasteiger partial charge < -0.3 is 9.32 Å². The van der Waals surface area contributed by atoms with E-state index in [4.69, 9.17) is 4.42 Å². The summed E-state index contributed by atoms with van der Waals surface area (Å²) in [6.45, 7) is 2.02. The van der Waals surface area contributed by atoms with E-state index in [0.29, 0.717) is 10.2 Å². The van der Waals surface area contributed by atoms with Crippen molar-refractivity contribution in [2.24, 2.45) is 0 Å². The molecule has 1 N–H and O–H groups in total. The Morgan fingerprint density at radius 1 is 1.63 bits per heavy atom. The Bertz CT molecular complexity index is 536. The highest BCUT2D eigenvalue weighted by Gasteiger charge is 2.21. The van der Waals surface area contributed by atoms with Crippen LogP contribution in [0, 0.1) is 0 Å². The molecule has 2 aromatic rings. The number of furan rings is 1. The van der Waals surface area contributed by atoms with Crippen LogP contribution in [0.15, 0.2) is 33.5 Å². The van der Waals surface area contributed by atoms with E-state index in [1.54, 1.807) is 24.4 Å². The van der Waals surface area contributed by atoms with E-state index < -0.39 is 0 Å². The van der Waals surface area contributed by atoms with Crippen LogP contribution < -0.4 is 0 Å². The Hall–Kier alpha value is -1.56. The van der Waals surface area contributed by atoms with Crippen LogP contribution in [-0.2, 0) is 6.42 Å². The Balaban J connectivity index is 1.93. The molecule has 1 atom stereocenters. The molecule has 0 fully saturated rings. The number of H-pyrrole nitrogens is 1. The summed E-state index contributed by atoms with van der Waals surface area (Å²) >= 11 is 3.30. The average molecular weight is 326 g/mol. The molecule has 1 unspecified atom stereocenters. The average Bonchev–Trinajstić information content (AvgIpc) is 3.05. The van der Waals surface area contributed by atoms with Crippen molar-refractivity contribution in [2.75, 3.05) is 7.05 Å². The minimum absolute atomic E-state index is 0.0729. The van der Waals surface area contributed by atoms with Gasteiger partial charge in [-0.1, -0.05) is 0 Å². The van der Waals surface area contributed by atoms with Gasteiger partial charge in [-0.3, -0.25) is 9.89 Å². The highest BCUT2D eigenvalue weighted by Crippen LogP contribution is 2.17. The zero-order valence-electron chi connectivity index (χ0n) is 10.9. The highest BCUT2D eigenvalue weighted by molar-refractivity contribution is 9.10. The smallest absolute Gasteiger partial charge is 0.273 e. The van der Waals surface area contributed by atoms with Crippen LogP contribution in [0.2, 0.25) is 0 Å². The zero-order chi connectivity index (χ0) is 13.8. The molecule has 0 aliphatic carbocycles. The molecule has 2 heterocycles. The normalized spacial score (nSPS) is 12.4. The van der Waals surface area contributed by atoms with Gasteiger partial charge in [0.2, 0.25) is 0 Å². The third-order valence-electron chi connectivity index (χ3n) is 3.18. The molecule has 0 saturated heterocycles. The maximum absolute atomic E-state index is 12.2. The summed E-state index contributed by atoms with van der Waals surface area (Å²) < 4.78 is 5.97. The predicted octanol–water partition coefficient (Wildman–Crippen LogP) is 2.86. The summed E-state index contributed by atoms with van der Waals surface area (Å²) in [5, 5.41) is 6.54. The first-order chi connectivity index (χ1) is 9.09. The summed E-state index contributed by atoms with van der Waals surface area (Å²) in [7, 11) is 1.79. The van der Waals surface area contributed by atoms with E-state index in [0.717, 1.165) is 18.6 Å². The van der Waals surface area contributed by atoms with Gasteiger partial charge in [-0.15, -0.1) is 0 Å². The van der Waals surface area contributed by atoms with E-state index in [1.807, 2.05) is 19.1 Å². The quantitative estimate of drug-likeness (QED) is 0.919. The number of nitrogens with zero attached hydrogens (tertiary/aromatic N) is 2. The molecule has 1 amide bonds. The molecule has 0 aliphatic heterocycles. The van der Waals surface area contributed by atoms with E-state index >= 15 is 0 Å². The fourth-order valence-electron chi connectivity index (χ4n) is 1.80. The van der Waals surface area contributed by atoms with Gasteiger partial charge in [-0.05, 0) is 41.4 Å². The second-order valence-corrected chi connectivity index (χ2v) is 5.33. The van der Waals surface area contributed by atoms with Gasteiger partial charge in [0.15, 0.2) is 0 Å². The minimum atomic E-state index is -0.0729. The molecule has 0 aliphatic rings. The van der Waals surface area contributed by atoms with E-state index in [1.165, 1.54) is 0 Å². The lowest BCUT2D eigenvalue weighted by atomic mass is 10.1. The lowest BCUT2D eigenvalue weighted by Crippen LogP contribution is -2.35. The van der Waals surface area contributed by atoms with Crippen LogP contribution in [0.25, 0.3) is 0 Å². The van der Waals surface area contributed by atoms with E-state index in [-0.39, 0.29) is 11.9 Å². The second kappa shape index (κ2) is 6.06. The SMILES string of the molecule is CC(CCc1ccco1)N(C)C(=O)c1[nH]ncc1Br. The van der Waals surface area contributed by atoms with Crippen LogP contribution in [0.1, 0.15) is 29.6 Å². The Morgan fingerprint density at radius 2 is 2.42 bits per heavy atom. The van der Waals surface area contributed by atoms with Crippen LogP contribution in [0.4, 0.5) is 0 Å². The summed E-state index contributed by atoms with van der Waals surface area (Å²) in [6, 6.07) is 3.93. The Kier molecular flexibility index (Phi) is 4.42. The van der Waals surface area contributed by atoms with E-state index in [9.17, 15) is 4.79 Å². The van der Waals surface area contributed by atoms with Crippen molar-refractivity contribution in [2.45, 2.75) is 25.8 Å². The molecule has 0 saturated carbocycles. The first kappa shape index (κ1) is 13.9. The molecule has 2 aromatic heterocycles. The first-order valence-electron chi connectivity index (χ1n) is 6.08. The summed E-state index contributed by atoms with van der Waals surface area (Å²) in [4.78, 5) is 13.9. The van der Waals surface area contributed by atoms with Crippen molar-refractivity contribution in [1.82, 2.24) is 15.1 Å². The monoisotopic (exact) mass is 325 g/mol. The van der Waals surface area contributed by atoms with Gasteiger partial charge in [0.05, 0.1) is 16.9 Å². The van der Waals surface area contributed by atoms with E-state index in [2.05, 4.69) is 26.1 Å². The van der Waals surface area contributed by atoms with Gasteiger partial charge >= 0.3 is 0 Å². The zero-order valence-corrected chi connectivity index (χ0v) is 12.5. The third-order valence-corrected chi connectivity index (χ3v) is 3.78. The first-order valence-corrected chi connectivity index (χ1v) is 6.87. The van der Waals surface area contributed by atoms with Crippen molar-refractivity contribution >= 4 is 21.8 Å². The number of amides is 1. The van der Waals surface area contributed by atoms with Crippen molar-refractivity contribution < 1.29 is 9.21 Å². The van der Waals surface area contributed by atoms with Crippen LogP contribution in [0.3, 0.4) is 0 Å². The minimum Gasteiger partial charge on any atom is -0.469 e. The highest BCUT2D eigenvalue weighted by atomic mass is 79.9. The van der Waals surface area contributed by atoms with Gasteiger partial charge in [-0.25, -0.2) is 0 Å². The standard InChI is InChI=1S/C13H16BrN3O2/c1-9(5-6-10-4-3-7-19-10)17(2)13(18)12-11(14)8-15-16-12/h3-4,7-9H,5-6H2,1-2H3,(H,15,16). The molecule has 5 nitrogen and oxygen atoms in total. The predicted molar refractivity (Wildman–Crippen MR) is 74.9 cm³/mol. The summed E-state index contributed by atoms with van der Waals surface area (Å²) in [5.41, 5.74) is 0.479. The number of aromatic nitrogens is 2. The van der Waals surface area contributed by atoms with Crippen LogP contribution >= 0.6 is 15.9 Å². The molecule has 102 valence electrons. The molecule has 0 aromatic carbocycles. The van der Waals surface area contributed by atoms with Gasteiger partial charge in [0, 0.05) is 19.5 Å². The number of aryl methyl sites for hydroxylation is 1. The third kappa shape index (κ3) is 3.26. The lowest BCUT2D eigenvalue weighted by molar-refractivity contribution is 0.0729. The topological polar surface area (TPSA) is 62.1 Å². The van der Waals surface area contributed by atoms with Crippen molar-refractivity contribution in [1.29, 1.82) is 0 Å². The molecule has 19 heavy (non-hydrogen) atoms. The largest absolute Gasteiger partial charge is 0.469 e. The number of carbonyl (C=O) groups is 1. The number of aromatic amines is 1. The molecular weight excluding hydrogens is 310 g/mol.